The van der Waals surface area contributed by atoms with Crippen LogP contribution in [0.25, 0.3) is 0 Å². The fourth-order valence-electron chi connectivity index (χ4n) is 1.55. The lowest BCUT2D eigenvalue weighted by atomic mass is 10.2. The molecule has 0 atom stereocenters. The van der Waals surface area contributed by atoms with Crippen LogP contribution >= 0.6 is 0 Å². The van der Waals surface area contributed by atoms with Gasteiger partial charge in [0.2, 0.25) is 0 Å². The van der Waals surface area contributed by atoms with Gasteiger partial charge in [-0.1, -0.05) is 11.8 Å². The molecule has 21 heavy (non-hydrogen) atoms. The molecule has 1 aromatic carbocycles. The molecule has 6 heteroatoms. The van der Waals surface area contributed by atoms with E-state index >= 15 is 0 Å². The number of carbonyl (C=O) groups excluding carboxylic acids is 1. The summed E-state index contributed by atoms with van der Waals surface area (Å²) in [5, 5.41) is 11.0. The SMILES string of the molecule is O=C(Nc1ccc(F)c(F)c1)c1cncc(C#CCO)c1. The molecule has 4 nitrogen and oxygen atoms in total. The molecule has 0 bridgehead atoms. The minimum Gasteiger partial charge on any atom is -0.384 e. The van der Waals surface area contributed by atoms with Gasteiger partial charge in [0.1, 0.15) is 6.61 Å². The summed E-state index contributed by atoms with van der Waals surface area (Å²) >= 11 is 0. The number of hydrogen-bond donors (Lipinski definition) is 2. The molecule has 1 amide bonds. The van der Waals surface area contributed by atoms with E-state index in [4.69, 9.17) is 5.11 Å². The number of nitrogens with one attached hydrogen (secondary N) is 1. The van der Waals surface area contributed by atoms with Crippen molar-refractivity contribution >= 4 is 11.6 Å². The number of nitrogens with zero attached hydrogens (tertiary/aromatic N) is 1. The van der Waals surface area contributed by atoms with E-state index in [2.05, 4.69) is 22.1 Å². The van der Waals surface area contributed by atoms with Crippen molar-refractivity contribution in [2.24, 2.45) is 0 Å². The van der Waals surface area contributed by atoms with Crippen LogP contribution in [0, 0.1) is 23.5 Å². The number of benzene rings is 1. The zero-order valence-electron chi connectivity index (χ0n) is 10.7. The van der Waals surface area contributed by atoms with Crippen molar-refractivity contribution < 1.29 is 18.7 Å². The van der Waals surface area contributed by atoms with E-state index in [9.17, 15) is 13.6 Å². The summed E-state index contributed by atoms with van der Waals surface area (Å²) in [4.78, 5) is 15.8. The molecular weight excluding hydrogens is 278 g/mol. The number of halogens is 2. The van der Waals surface area contributed by atoms with Crippen molar-refractivity contribution in [3.05, 3.63) is 59.4 Å². The van der Waals surface area contributed by atoms with Gasteiger partial charge in [0.05, 0.1) is 5.56 Å². The van der Waals surface area contributed by atoms with Crippen LogP contribution in [0.2, 0.25) is 0 Å². The third-order valence-electron chi connectivity index (χ3n) is 2.49. The summed E-state index contributed by atoms with van der Waals surface area (Å²) in [6.45, 7) is -0.300. The molecule has 0 aliphatic carbocycles. The Balaban J connectivity index is 2.18. The van der Waals surface area contributed by atoms with Crippen molar-refractivity contribution in [1.29, 1.82) is 0 Å². The molecule has 0 radical (unpaired) electrons. The van der Waals surface area contributed by atoms with Crippen LogP contribution in [-0.2, 0) is 0 Å². The maximum absolute atomic E-state index is 13.1. The molecule has 106 valence electrons. The van der Waals surface area contributed by atoms with E-state index in [1.54, 1.807) is 0 Å². The van der Waals surface area contributed by atoms with Crippen LogP contribution in [0.3, 0.4) is 0 Å². The highest BCUT2D eigenvalue weighted by Crippen LogP contribution is 2.14. The normalized spacial score (nSPS) is 9.67. The molecule has 0 spiro atoms. The van der Waals surface area contributed by atoms with Crippen LogP contribution in [0.1, 0.15) is 15.9 Å². The number of rotatable bonds is 2. The fraction of sp³-hybridized carbons (Fsp3) is 0.0667. The van der Waals surface area contributed by atoms with Crippen LogP contribution in [-0.4, -0.2) is 22.6 Å². The first-order valence-corrected chi connectivity index (χ1v) is 5.91. The van der Waals surface area contributed by atoms with E-state index in [1.165, 1.54) is 24.5 Å². The summed E-state index contributed by atoms with van der Waals surface area (Å²) in [5.74, 6) is 2.49. The Morgan fingerprint density at radius 3 is 2.76 bits per heavy atom. The zero-order chi connectivity index (χ0) is 15.2. The predicted molar refractivity (Wildman–Crippen MR) is 72.5 cm³/mol. The van der Waals surface area contributed by atoms with Gasteiger partial charge < -0.3 is 10.4 Å². The zero-order valence-corrected chi connectivity index (χ0v) is 10.7. The van der Waals surface area contributed by atoms with Gasteiger partial charge >= 0.3 is 0 Å². The van der Waals surface area contributed by atoms with Gasteiger partial charge in [-0.05, 0) is 18.2 Å². The number of aromatic nitrogens is 1. The number of aliphatic hydroxyl groups excluding tert-OH is 1. The Kier molecular flexibility index (Phi) is 4.59. The van der Waals surface area contributed by atoms with Crippen molar-refractivity contribution in [1.82, 2.24) is 4.98 Å². The summed E-state index contributed by atoms with van der Waals surface area (Å²) in [6.07, 6.45) is 2.76. The standard InChI is InChI=1S/C15H10F2N2O2/c16-13-4-3-12(7-14(13)17)19-15(21)11-6-10(2-1-5-20)8-18-9-11/h3-4,6-9,20H,5H2,(H,19,21). The number of anilines is 1. The number of amides is 1. The molecule has 2 N–H and O–H groups in total. The molecule has 1 heterocycles. The molecule has 0 unspecified atom stereocenters. The lowest BCUT2D eigenvalue weighted by molar-refractivity contribution is 0.102. The fourth-order valence-corrected chi connectivity index (χ4v) is 1.55. The first kappa shape index (κ1) is 14.6. The Hall–Kier alpha value is -2.78. The van der Waals surface area contributed by atoms with Crippen LogP contribution in [0.5, 0.6) is 0 Å². The first-order chi connectivity index (χ1) is 10.1. The number of carbonyl (C=O) groups is 1. The molecule has 0 aliphatic heterocycles. The lowest BCUT2D eigenvalue weighted by Gasteiger charge is -2.05. The van der Waals surface area contributed by atoms with Crippen molar-refractivity contribution in [3.63, 3.8) is 0 Å². The topological polar surface area (TPSA) is 62.2 Å². The van der Waals surface area contributed by atoms with Crippen LogP contribution in [0.4, 0.5) is 14.5 Å². The maximum Gasteiger partial charge on any atom is 0.257 e. The average Bonchev–Trinajstić information content (AvgIpc) is 2.49. The third kappa shape index (κ3) is 3.84. The van der Waals surface area contributed by atoms with E-state index in [1.807, 2.05) is 0 Å². The second-order valence-corrected chi connectivity index (χ2v) is 4.01. The highest BCUT2D eigenvalue weighted by molar-refractivity contribution is 6.04. The highest BCUT2D eigenvalue weighted by atomic mass is 19.2. The van der Waals surface area contributed by atoms with Gasteiger partial charge in [-0.15, -0.1) is 0 Å². The van der Waals surface area contributed by atoms with Crippen molar-refractivity contribution in [3.8, 4) is 11.8 Å². The monoisotopic (exact) mass is 288 g/mol. The van der Waals surface area contributed by atoms with Gasteiger partial charge in [0.25, 0.3) is 5.91 Å². The van der Waals surface area contributed by atoms with Gasteiger partial charge in [-0.2, -0.15) is 0 Å². The number of hydrogen-bond acceptors (Lipinski definition) is 3. The largest absolute Gasteiger partial charge is 0.384 e. The average molecular weight is 288 g/mol. The Labute approximate surface area is 119 Å². The molecule has 1 aromatic heterocycles. The maximum atomic E-state index is 13.1. The van der Waals surface area contributed by atoms with Gasteiger partial charge in [0, 0.05) is 29.7 Å². The summed E-state index contributed by atoms with van der Waals surface area (Å²) in [6, 6.07) is 4.53. The quantitative estimate of drug-likeness (QED) is 0.830. The second-order valence-electron chi connectivity index (χ2n) is 4.01. The molecule has 0 saturated carbocycles. The molecular formula is C15H10F2N2O2. The van der Waals surface area contributed by atoms with Crippen LogP contribution in [0.15, 0.2) is 36.7 Å². The van der Waals surface area contributed by atoms with E-state index < -0.39 is 17.5 Å². The minimum absolute atomic E-state index is 0.130. The highest BCUT2D eigenvalue weighted by Gasteiger charge is 2.09. The molecule has 0 fully saturated rings. The minimum atomic E-state index is -1.05. The molecule has 0 aliphatic rings. The van der Waals surface area contributed by atoms with E-state index in [-0.39, 0.29) is 17.9 Å². The molecule has 2 aromatic rings. The lowest BCUT2D eigenvalue weighted by Crippen LogP contribution is -2.12. The Bertz CT molecular complexity index is 736. The first-order valence-electron chi connectivity index (χ1n) is 5.91. The number of aliphatic hydroxyl groups is 1. The number of pyridine rings is 1. The Morgan fingerprint density at radius 2 is 2.05 bits per heavy atom. The Morgan fingerprint density at radius 1 is 1.24 bits per heavy atom. The van der Waals surface area contributed by atoms with Gasteiger partial charge in [-0.25, -0.2) is 8.78 Å². The second kappa shape index (κ2) is 6.59. The van der Waals surface area contributed by atoms with Gasteiger partial charge in [-0.3, -0.25) is 9.78 Å². The summed E-state index contributed by atoms with van der Waals surface area (Å²) in [5.41, 5.74) is 0.803. The third-order valence-corrected chi connectivity index (χ3v) is 2.49. The van der Waals surface area contributed by atoms with Crippen molar-refractivity contribution in [2.45, 2.75) is 0 Å². The van der Waals surface area contributed by atoms with Crippen molar-refractivity contribution in [2.75, 3.05) is 11.9 Å². The van der Waals surface area contributed by atoms with Crippen LogP contribution < -0.4 is 5.32 Å². The summed E-state index contributed by atoms with van der Waals surface area (Å²) in [7, 11) is 0. The predicted octanol–water partition coefficient (Wildman–Crippen LogP) is 1.96. The smallest absolute Gasteiger partial charge is 0.257 e. The van der Waals surface area contributed by atoms with E-state index in [0.29, 0.717) is 5.56 Å². The van der Waals surface area contributed by atoms with Gasteiger partial charge in [0.15, 0.2) is 11.6 Å². The molecule has 0 saturated heterocycles. The molecule has 2 rings (SSSR count). The van der Waals surface area contributed by atoms with E-state index in [0.717, 1.165) is 12.1 Å². The summed E-state index contributed by atoms with van der Waals surface area (Å²) < 4.78 is 25.9.